The molecule has 0 aromatic carbocycles. The lowest BCUT2D eigenvalue weighted by atomic mass is 10.0. The summed E-state index contributed by atoms with van der Waals surface area (Å²) >= 11 is 0. The zero-order valence-electron chi connectivity index (χ0n) is 8.96. The molecule has 1 fully saturated rings. The summed E-state index contributed by atoms with van der Waals surface area (Å²) in [6.45, 7) is 5.32. The second-order valence-electron chi connectivity index (χ2n) is 4.07. The number of rotatable bonds is 3. The first kappa shape index (κ1) is 11.3. The van der Waals surface area contributed by atoms with Gasteiger partial charge in [-0.2, -0.15) is 0 Å². The van der Waals surface area contributed by atoms with Crippen LogP contribution in [0.3, 0.4) is 0 Å². The summed E-state index contributed by atoms with van der Waals surface area (Å²) < 4.78 is 0. The average molecular weight is 199 g/mol. The number of amides is 2. The van der Waals surface area contributed by atoms with Gasteiger partial charge in [0, 0.05) is 19.6 Å². The van der Waals surface area contributed by atoms with Crippen molar-refractivity contribution in [3.8, 4) is 0 Å². The maximum atomic E-state index is 11.6. The second-order valence-corrected chi connectivity index (χ2v) is 4.07. The minimum absolute atomic E-state index is 0.0741. The molecule has 1 unspecified atom stereocenters. The minimum Gasteiger partial charge on any atom is -0.338 e. The lowest BCUT2D eigenvalue weighted by Gasteiger charge is -2.30. The van der Waals surface area contributed by atoms with Crippen LogP contribution in [0.5, 0.6) is 0 Å². The Morgan fingerprint density at radius 3 is 3.07 bits per heavy atom. The number of hydrogen-bond acceptors (Lipinski definition) is 2. The van der Waals surface area contributed by atoms with Gasteiger partial charge in [-0.3, -0.25) is 0 Å². The standard InChI is InChI=1S/C10H21N3O/c1-9-4-2-7-13(8-9)10(14)12-6-3-5-11/h9H,2-8,11H2,1H3,(H,12,14). The lowest BCUT2D eigenvalue weighted by molar-refractivity contribution is 0.170. The van der Waals surface area contributed by atoms with Crippen LogP contribution in [0.2, 0.25) is 0 Å². The summed E-state index contributed by atoms with van der Waals surface area (Å²) in [6.07, 6.45) is 3.23. The number of likely N-dealkylation sites (tertiary alicyclic amines) is 1. The largest absolute Gasteiger partial charge is 0.338 e. The Kier molecular flexibility index (Phi) is 4.73. The van der Waals surface area contributed by atoms with Crippen LogP contribution < -0.4 is 11.1 Å². The van der Waals surface area contributed by atoms with Crippen LogP contribution in [-0.4, -0.2) is 37.1 Å². The number of piperidine rings is 1. The molecule has 1 saturated heterocycles. The lowest BCUT2D eigenvalue weighted by Crippen LogP contribution is -2.45. The Morgan fingerprint density at radius 2 is 2.43 bits per heavy atom. The van der Waals surface area contributed by atoms with Crippen molar-refractivity contribution in [2.24, 2.45) is 11.7 Å². The van der Waals surface area contributed by atoms with Gasteiger partial charge >= 0.3 is 6.03 Å². The SMILES string of the molecule is CC1CCCN(C(=O)NCCCN)C1. The summed E-state index contributed by atoms with van der Waals surface area (Å²) in [6, 6.07) is 0.0741. The van der Waals surface area contributed by atoms with E-state index in [1.165, 1.54) is 6.42 Å². The topological polar surface area (TPSA) is 58.4 Å². The highest BCUT2D eigenvalue weighted by Gasteiger charge is 2.19. The van der Waals surface area contributed by atoms with Crippen LogP contribution in [0.15, 0.2) is 0 Å². The summed E-state index contributed by atoms with van der Waals surface area (Å²) in [5.41, 5.74) is 5.35. The quantitative estimate of drug-likeness (QED) is 0.660. The highest BCUT2D eigenvalue weighted by molar-refractivity contribution is 5.74. The molecule has 1 atom stereocenters. The van der Waals surface area contributed by atoms with Crippen molar-refractivity contribution in [1.82, 2.24) is 10.2 Å². The highest BCUT2D eigenvalue weighted by atomic mass is 16.2. The fraction of sp³-hybridized carbons (Fsp3) is 0.900. The monoisotopic (exact) mass is 199 g/mol. The summed E-state index contributed by atoms with van der Waals surface area (Å²) in [7, 11) is 0. The fourth-order valence-corrected chi connectivity index (χ4v) is 1.78. The highest BCUT2D eigenvalue weighted by Crippen LogP contribution is 2.14. The zero-order valence-corrected chi connectivity index (χ0v) is 8.96. The number of nitrogens with two attached hydrogens (primary N) is 1. The maximum Gasteiger partial charge on any atom is 0.317 e. The first-order valence-corrected chi connectivity index (χ1v) is 5.47. The molecule has 2 amide bonds. The normalized spacial score (nSPS) is 22.1. The van der Waals surface area contributed by atoms with Gasteiger partial charge < -0.3 is 16.0 Å². The third-order valence-corrected chi connectivity index (χ3v) is 2.60. The zero-order chi connectivity index (χ0) is 10.4. The molecule has 0 spiro atoms. The molecule has 0 aromatic heterocycles. The Hall–Kier alpha value is -0.770. The summed E-state index contributed by atoms with van der Waals surface area (Å²) in [5.74, 6) is 0.643. The number of carbonyl (C=O) groups excluding carboxylic acids is 1. The van der Waals surface area contributed by atoms with Crippen LogP contribution >= 0.6 is 0 Å². The van der Waals surface area contributed by atoms with E-state index in [0.29, 0.717) is 19.0 Å². The Labute approximate surface area is 85.8 Å². The van der Waals surface area contributed by atoms with Crippen LogP contribution in [0.25, 0.3) is 0 Å². The van der Waals surface area contributed by atoms with Crippen molar-refractivity contribution in [3.05, 3.63) is 0 Å². The second kappa shape index (κ2) is 5.86. The van der Waals surface area contributed by atoms with Gasteiger partial charge in [0.05, 0.1) is 0 Å². The van der Waals surface area contributed by atoms with E-state index >= 15 is 0 Å². The van der Waals surface area contributed by atoms with Gasteiger partial charge in [0.2, 0.25) is 0 Å². The third-order valence-electron chi connectivity index (χ3n) is 2.60. The molecule has 4 heteroatoms. The van der Waals surface area contributed by atoms with Crippen molar-refractivity contribution in [2.75, 3.05) is 26.2 Å². The first-order chi connectivity index (χ1) is 6.74. The van der Waals surface area contributed by atoms with Crippen LogP contribution in [0, 0.1) is 5.92 Å². The molecule has 4 nitrogen and oxygen atoms in total. The predicted octanol–water partition coefficient (Wildman–Crippen LogP) is 0.777. The van der Waals surface area contributed by atoms with Crippen LogP contribution in [0.4, 0.5) is 4.79 Å². The van der Waals surface area contributed by atoms with Gasteiger partial charge in [0.25, 0.3) is 0 Å². The smallest absolute Gasteiger partial charge is 0.317 e. The van der Waals surface area contributed by atoms with Crippen LogP contribution in [-0.2, 0) is 0 Å². The molecule has 1 aliphatic rings. The Morgan fingerprint density at radius 1 is 1.64 bits per heavy atom. The van der Waals surface area contributed by atoms with E-state index in [-0.39, 0.29) is 6.03 Å². The predicted molar refractivity (Wildman–Crippen MR) is 57.0 cm³/mol. The van der Waals surface area contributed by atoms with Crippen molar-refractivity contribution in [1.29, 1.82) is 0 Å². The molecule has 82 valence electrons. The van der Waals surface area contributed by atoms with E-state index in [9.17, 15) is 4.79 Å². The molecular formula is C10H21N3O. The van der Waals surface area contributed by atoms with E-state index in [1.807, 2.05) is 4.90 Å². The molecule has 1 rings (SSSR count). The molecule has 1 heterocycles. The van der Waals surface area contributed by atoms with Crippen molar-refractivity contribution in [3.63, 3.8) is 0 Å². The summed E-state index contributed by atoms with van der Waals surface area (Å²) in [4.78, 5) is 13.5. The molecular weight excluding hydrogens is 178 g/mol. The number of hydrogen-bond donors (Lipinski definition) is 2. The maximum absolute atomic E-state index is 11.6. The molecule has 1 aliphatic heterocycles. The third kappa shape index (κ3) is 3.54. The van der Waals surface area contributed by atoms with Gasteiger partial charge in [-0.15, -0.1) is 0 Å². The van der Waals surface area contributed by atoms with E-state index in [4.69, 9.17) is 5.73 Å². The van der Waals surface area contributed by atoms with Gasteiger partial charge in [0.15, 0.2) is 0 Å². The number of urea groups is 1. The molecule has 3 N–H and O–H groups in total. The summed E-state index contributed by atoms with van der Waals surface area (Å²) in [5, 5.41) is 2.88. The Bertz CT molecular complexity index is 184. The molecule has 0 aromatic rings. The molecule has 0 aliphatic carbocycles. The molecule has 0 saturated carbocycles. The first-order valence-electron chi connectivity index (χ1n) is 5.47. The number of nitrogens with one attached hydrogen (secondary N) is 1. The van der Waals surface area contributed by atoms with Gasteiger partial charge in [0.1, 0.15) is 0 Å². The van der Waals surface area contributed by atoms with Gasteiger partial charge in [-0.1, -0.05) is 6.92 Å². The van der Waals surface area contributed by atoms with Crippen molar-refractivity contribution < 1.29 is 4.79 Å². The molecule has 0 radical (unpaired) electrons. The molecule has 0 bridgehead atoms. The van der Waals surface area contributed by atoms with Crippen molar-refractivity contribution >= 4 is 6.03 Å². The Balaban J connectivity index is 2.22. The van der Waals surface area contributed by atoms with E-state index < -0.39 is 0 Å². The molecule has 14 heavy (non-hydrogen) atoms. The fourth-order valence-electron chi connectivity index (χ4n) is 1.78. The number of carbonyl (C=O) groups is 1. The van der Waals surface area contributed by atoms with Crippen molar-refractivity contribution in [2.45, 2.75) is 26.2 Å². The minimum atomic E-state index is 0.0741. The number of nitrogens with zero attached hydrogens (tertiary/aromatic N) is 1. The van der Waals surface area contributed by atoms with Crippen LogP contribution in [0.1, 0.15) is 26.2 Å². The average Bonchev–Trinajstić information content (AvgIpc) is 2.18. The van der Waals surface area contributed by atoms with Gasteiger partial charge in [-0.05, 0) is 31.7 Å². The van der Waals surface area contributed by atoms with Gasteiger partial charge in [-0.25, -0.2) is 4.79 Å². The van der Waals surface area contributed by atoms with E-state index in [1.54, 1.807) is 0 Å². The van der Waals surface area contributed by atoms with E-state index in [2.05, 4.69) is 12.2 Å². The van der Waals surface area contributed by atoms with E-state index in [0.717, 1.165) is 25.9 Å².